The van der Waals surface area contributed by atoms with Gasteiger partial charge in [0.1, 0.15) is 0 Å². The van der Waals surface area contributed by atoms with Crippen LogP contribution in [-0.2, 0) is 9.59 Å². The van der Waals surface area contributed by atoms with Gasteiger partial charge in [-0.1, -0.05) is 30.4 Å². The van der Waals surface area contributed by atoms with Gasteiger partial charge in [-0.05, 0) is 43.1 Å². The van der Waals surface area contributed by atoms with E-state index in [1.807, 2.05) is 31.2 Å². The number of aromatic nitrogens is 1. The fourth-order valence-corrected chi connectivity index (χ4v) is 5.64. The summed E-state index contributed by atoms with van der Waals surface area (Å²) < 4.78 is 0. The Kier molecular flexibility index (Phi) is 2.63. The van der Waals surface area contributed by atoms with Crippen LogP contribution in [0.1, 0.15) is 17.7 Å². The maximum absolute atomic E-state index is 13.0. The number of allylic oxidation sites excluding steroid dienone is 2. The van der Waals surface area contributed by atoms with Crippen LogP contribution in [0.15, 0.2) is 41.5 Å². The highest BCUT2D eigenvalue weighted by molar-refractivity contribution is 6.07. The molecule has 2 aromatic rings. The molecule has 5 aliphatic rings. The lowest BCUT2D eigenvalue weighted by molar-refractivity contribution is -0.140. The largest absolute Gasteiger partial charge is 0.358 e. The normalized spacial score (nSPS) is 37.0. The number of hydrogen-bond acceptors (Lipinski definition) is 3. The third kappa shape index (κ3) is 1.68. The van der Waals surface area contributed by atoms with E-state index in [1.54, 1.807) is 6.21 Å². The predicted molar refractivity (Wildman–Crippen MR) is 97.2 cm³/mol. The molecule has 4 aliphatic carbocycles. The van der Waals surface area contributed by atoms with Crippen LogP contribution < -0.4 is 0 Å². The number of aromatic amines is 1. The molecule has 1 aromatic carbocycles. The summed E-state index contributed by atoms with van der Waals surface area (Å²) in [7, 11) is 0. The summed E-state index contributed by atoms with van der Waals surface area (Å²) in [6.45, 7) is 1.98. The number of rotatable bonds is 2. The van der Waals surface area contributed by atoms with Crippen molar-refractivity contribution in [2.45, 2.75) is 13.3 Å². The summed E-state index contributed by atoms with van der Waals surface area (Å²) in [4.78, 5) is 29.2. The van der Waals surface area contributed by atoms with Crippen LogP contribution in [0.25, 0.3) is 10.9 Å². The monoisotopic (exact) mass is 345 g/mol. The van der Waals surface area contributed by atoms with E-state index in [0.717, 1.165) is 27.2 Å². The summed E-state index contributed by atoms with van der Waals surface area (Å²) in [6, 6.07) is 7.98. The van der Waals surface area contributed by atoms with Gasteiger partial charge in [0.05, 0.1) is 18.1 Å². The SMILES string of the molecule is Cc1[nH]c2ccccc2c1C=NN1C(=O)[C@@H]2[C@H]3C=C[C@@H]([C@@H]4C[C@@H]34)[C@@H]2C1=O. The second-order valence-corrected chi connectivity index (χ2v) is 8.10. The Bertz CT molecular complexity index is 997. The first-order valence-electron chi connectivity index (χ1n) is 9.32. The highest BCUT2D eigenvalue weighted by Crippen LogP contribution is 2.65. The van der Waals surface area contributed by atoms with E-state index < -0.39 is 0 Å². The minimum atomic E-state index is -0.192. The van der Waals surface area contributed by atoms with E-state index in [1.165, 1.54) is 6.42 Å². The van der Waals surface area contributed by atoms with Gasteiger partial charge in [0.15, 0.2) is 0 Å². The van der Waals surface area contributed by atoms with E-state index >= 15 is 0 Å². The maximum atomic E-state index is 13.0. The molecule has 1 N–H and O–H groups in total. The number of benzene rings is 1. The summed E-state index contributed by atoms with van der Waals surface area (Å²) in [5.74, 6) is 1.09. The molecule has 26 heavy (non-hydrogen) atoms. The van der Waals surface area contributed by atoms with E-state index in [9.17, 15) is 9.59 Å². The third-order valence-electron chi connectivity index (χ3n) is 6.89. The molecule has 5 nitrogen and oxygen atoms in total. The van der Waals surface area contributed by atoms with Crippen molar-refractivity contribution < 1.29 is 9.59 Å². The van der Waals surface area contributed by atoms with Gasteiger partial charge >= 0.3 is 0 Å². The number of nitrogens with zero attached hydrogens (tertiary/aromatic N) is 2. The van der Waals surface area contributed by atoms with Gasteiger partial charge in [-0.25, -0.2) is 0 Å². The highest BCUT2D eigenvalue weighted by Gasteiger charge is 2.67. The summed E-state index contributed by atoms with van der Waals surface area (Å²) in [6.07, 6.45) is 7.20. The second kappa shape index (κ2) is 4.72. The molecule has 5 heteroatoms. The number of nitrogens with one attached hydrogen (secondary N) is 1. The molecule has 2 amide bonds. The van der Waals surface area contributed by atoms with Gasteiger partial charge in [0.2, 0.25) is 0 Å². The second-order valence-electron chi connectivity index (χ2n) is 8.10. The number of hydrogen-bond donors (Lipinski definition) is 1. The zero-order chi connectivity index (χ0) is 17.6. The Labute approximate surface area is 150 Å². The molecule has 0 unspecified atom stereocenters. The van der Waals surface area contributed by atoms with Crippen molar-refractivity contribution in [2.75, 3.05) is 0 Å². The lowest BCUT2D eigenvalue weighted by Gasteiger charge is -2.37. The predicted octanol–water partition coefficient (Wildman–Crippen LogP) is 2.86. The summed E-state index contributed by atoms with van der Waals surface area (Å²) in [5.41, 5.74) is 2.94. The van der Waals surface area contributed by atoms with Gasteiger partial charge in [-0.3, -0.25) is 9.59 Å². The number of fused-ring (bicyclic) bond motifs is 1. The highest BCUT2D eigenvalue weighted by atomic mass is 16.2. The van der Waals surface area contributed by atoms with Crippen LogP contribution in [0, 0.1) is 42.4 Å². The number of para-hydroxylation sites is 1. The lowest BCUT2D eigenvalue weighted by atomic mass is 9.63. The molecular formula is C21H19N3O2. The first kappa shape index (κ1) is 14.5. The van der Waals surface area contributed by atoms with Crippen molar-refractivity contribution in [3.05, 3.63) is 47.7 Å². The molecule has 0 radical (unpaired) electrons. The molecule has 7 rings (SSSR count). The average Bonchev–Trinajstić information content (AvgIpc) is 3.36. The molecule has 1 saturated heterocycles. The Morgan fingerprint density at radius 1 is 1.08 bits per heavy atom. The smallest absolute Gasteiger partial charge is 0.254 e. The Morgan fingerprint density at radius 3 is 2.42 bits per heavy atom. The average molecular weight is 345 g/mol. The number of H-pyrrole nitrogens is 1. The molecular weight excluding hydrogens is 326 g/mol. The summed E-state index contributed by atoms with van der Waals surface area (Å²) >= 11 is 0. The molecule has 2 heterocycles. The van der Waals surface area contributed by atoms with Crippen LogP contribution >= 0.6 is 0 Å². The van der Waals surface area contributed by atoms with E-state index in [4.69, 9.17) is 0 Å². The fraction of sp³-hybridized carbons (Fsp3) is 0.381. The van der Waals surface area contributed by atoms with Gasteiger partial charge in [-0.2, -0.15) is 10.1 Å². The van der Waals surface area contributed by atoms with Gasteiger partial charge in [0, 0.05) is 22.2 Å². The van der Waals surface area contributed by atoms with Crippen LogP contribution in [0.2, 0.25) is 0 Å². The summed E-state index contributed by atoms with van der Waals surface area (Å²) in [5, 5.41) is 6.56. The first-order chi connectivity index (χ1) is 12.6. The van der Waals surface area contributed by atoms with E-state index in [-0.39, 0.29) is 35.5 Å². The fourth-order valence-electron chi connectivity index (χ4n) is 5.64. The standard InChI is InChI=1S/C21H19N3O2/c1-10-16(11-4-2-3-5-17(11)23-10)9-22-24-20(25)18-12-6-7-13(15-8-14(12)15)19(18)21(24)26/h2-7,9,12-15,18-19,23H,8H2,1H3/t12-,13-,14-,15-,18-,19+/m0/s1. The van der Waals surface area contributed by atoms with Crippen molar-refractivity contribution in [3.8, 4) is 0 Å². The molecule has 1 aliphatic heterocycles. The van der Waals surface area contributed by atoms with Gasteiger partial charge in [-0.15, -0.1) is 0 Å². The number of imide groups is 1. The zero-order valence-electron chi connectivity index (χ0n) is 14.4. The molecule has 2 bridgehead atoms. The minimum Gasteiger partial charge on any atom is -0.358 e. The number of aryl methyl sites for hydroxylation is 1. The zero-order valence-corrected chi connectivity index (χ0v) is 14.4. The number of carbonyl (C=O) groups is 2. The quantitative estimate of drug-likeness (QED) is 0.517. The molecule has 130 valence electrons. The van der Waals surface area contributed by atoms with Crippen LogP contribution in [0.5, 0.6) is 0 Å². The third-order valence-corrected chi connectivity index (χ3v) is 6.89. The van der Waals surface area contributed by atoms with Gasteiger partial charge in [0.25, 0.3) is 11.8 Å². The van der Waals surface area contributed by atoms with Crippen molar-refractivity contribution in [2.24, 2.45) is 40.6 Å². The van der Waals surface area contributed by atoms with Crippen molar-refractivity contribution in [1.29, 1.82) is 0 Å². The van der Waals surface area contributed by atoms with Crippen LogP contribution in [-0.4, -0.2) is 28.0 Å². The van der Waals surface area contributed by atoms with Crippen molar-refractivity contribution in [1.82, 2.24) is 9.99 Å². The number of amides is 2. The van der Waals surface area contributed by atoms with Gasteiger partial charge < -0.3 is 4.98 Å². The van der Waals surface area contributed by atoms with Crippen molar-refractivity contribution >= 4 is 28.9 Å². The van der Waals surface area contributed by atoms with Crippen LogP contribution in [0.4, 0.5) is 0 Å². The lowest BCUT2D eigenvalue weighted by Crippen LogP contribution is -2.40. The number of hydrazone groups is 1. The minimum absolute atomic E-state index is 0.113. The Morgan fingerprint density at radius 2 is 1.73 bits per heavy atom. The number of carbonyl (C=O) groups excluding carboxylic acids is 2. The van der Waals surface area contributed by atoms with E-state index in [2.05, 4.69) is 22.2 Å². The first-order valence-corrected chi connectivity index (χ1v) is 9.32. The Balaban J connectivity index is 1.36. The molecule has 3 fully saturated rings. The Hall–Kier alpha value is -2.69. The van der Waals surface area contributed by atoms with E-state index in [0.29, 0.717) is 11.8 Å². The van der Waals surface area contributed by atoms with Crippen molar-refractivity contribution in [3.63, 3.8) is 0 Å². The topological polar surface area (TPSA) is 65.5 Å². The molecule has 1 aromatic heterocycles. The molecule has 0 spiro atoms. The maximum Gasteiger partial charge on any atom is 0.254 e. The molecule has 2 saturated carbocycles. The van der Waals surface area contributed by atoms with Crippen LogP contribution in [0.3, 0.4) is 0 Å². The molecule has 6 atom stereocenters.